The van der Waals surface area contributed by atoms with Gasteiger partial charge in [0.1, 0.15) is 0 Å². The monoisotopic (exact) mass is 770 g/mol. The van der Waals surface area contributed by atoms with E-state index in [1.165, 1.54) is 121 Å². The summed E-state index contributed by atoms with van der Waals surface area (Å²) in [5.74, 6) is 0. The van der Waals surface area contributed by atoms with Crippen LogP contribution in [0.2, 0.25) is 0 Å². The van der Waals surface area contributed by atoms with E-state index in [0.717, 1.165) is 0 Å². The second-order valence-electron chi connectivity index (χ2n) is 16.7. The molecule has 0 spiro atoms. The van der Waals surface area contributed by atoms with Crippen LogP contribution in [0, 0.1) is 0 Å². The minimum Gasteiger partial charge on any atom is -0.0622 e. The first kappa shape index (κ1) is 34.1. The summed E-state index contributed by atoms with van der Waals surface area (Å²) in [6, 6.07) is 86.5. The summed E-state index contributed by atoms with van der Waals surface area (Å²) in [6.45, 7) is 0. The Kier molecular flexibility index (Phi) is 7.32. The van der Waals surface area contributed by atoms with E-state index < -0.39 is 5.41 Å². The van der Waals surface area contributed by atoms with Crippen molar-refractivity contribution < 1.29 is 0 Å². The molecule has 0 amide bonds. The summed E-state index contributed by atoms with van der Waals surface area (Å²) in [4.78, 5) is 0. The molecule has 0 saturated heterocycles. The zero-order valence-corrected chi connectivity index (χ0v) is 33.4. The Morgan fingerprint density at radius 2 is 0.689 bits per heavy atom. The highest BCUT2D eigenvalue weighted by Gasteiger charge is 2.49. The fraction of sp³-hybridized carbons (Fsp3) is 0.0164. The molecule has 0 radical (unpaired) electrons. The number of fused-ring (bicyclic) bond motifs is 8. The highest BCUT2D eigenvalue weighted by molar-refractivity contribution is 6.26. The predicted octanol–water partition coefficient (Wildman–Crippen LogP) is 16.3. The molecule has 0 aliphatic heterocycles. The van der Waals surface area contributed by atoms with Crippen LogP contribution in [-0.4, -0.2) is 0 Å². The molecule has 12 aromatic rings. The molecule has 0 saturated carbocycles. The third-order valence-electron chi connectivity index (χ3n) is 13.7. The van der Waals surface area contributed by atoms with Gasteiger partial charge in [0.05, 0.1) is 5.41 Å². The Morgan fingerprint density at radius 1 is 0.230 bits per heavy atom. The molecule has 0 unspecified atom stereocenters. The fourth-order valence-electron chi connectivity index (χ4n) is 11.1. The topological polar surface area (TPSA) is 0 Å². The number of benzene rings is 12. The number of hydrogen-bond acceptors (Lipinski definition) is 0. The molecular formula is C61H38. The van der Waals surface area contributed by atoms with Crippen molar-refractivity contribution in [1.29, 1.82) is 0 Å². The molecule has 12 aromatic carbocycles. The molecular weight excluding hydrogens is 733 g/mol. The molecule has 282 valence electrons. The summed E-state index contributed by atoms with van der Waals surface area (Å²) >= 11 is 0. The largest absolute Gasteiger partial charge is 0.0725 e. The molecule has 0 aromatic heterocycles. The maximum atomic E-state index is 2.41. The lowest BCUT2D eigenvalue weighted by Gasteiger charge is -2.36. The first-order valence-electron chi connectivity index (χ1n) is 21.3. The van der Waals surface area contributed by atoms with Crippen molar-refractivity contribution in [2.75, 3.05) is 0 Å². The van der Waals surface area contributed by atoms with Crippen molar-refractivity contribution in [1.82, 2.24) is 0 Å². The molecule has 61 heavy (non-hydrogen) atoms. The molecule has 0 atom stereocenters. The van der Waals surface area contributed by atoms with Gasteiger partial charge in [0.2, 0.25) is 0 Å². The zero-order chi connectivity index (χ0) is 40.1. The second kappa shape index (κ2) is 13.1. The molecule has 1 aliphatic carbocycles. The van der Waals surface area contributed by atoms with Crippen molar-refractivity contribution in [3.8, 4) is 44.5 Å². The third kappa shape index (κ3) is 4.82. The summed E-state index contributed by atoms with van der Waals surface area (Å²) in [5.41, 5.74) is 14.5. The molecule has 13 rings (SSSR count). The Hall–Kier alpha value is -7.80. The van der Waals surface area contributed by atoms with Gasteiger partial charge in [-0.3, -0.25) is 0 Å². The van der Waals surface area contributed by atoms with Gasteiger partial charge in [0, 0.05) is 0 Å². The van der Waals surface area contributed by atoms with Gasteiger partial charge in [0.25, 0.3) is 0 Å². The van der Waals surface area contributed by atoms with Crippen molar-refractivity contribution in [2.45, 2.75) is 5.41 Å². The van der Waals surface area contributed by atoms with E-state index >= 15 is 0 Å². The van der Waals surface area contributed by atoms with Crippen LogP contribution in [0.5, 0.6) is 0 Å². The standard InChI is InChI=1S/C61H38/c1-3-13-39(14-4-1)41-27-33-46(34-28-41)61(47-35-29-42(30-36-47)40-15-5-2-6-16-40)59-53(50-37-31-45-26-25-43-17-11-18-44-32-38-52(50)57(45)56(43)44)23-12-24-55(59)58-51-21-9-7-19-48(51)49-20-8-10-22-54(49)60(58)61/h1-38H. The van der Waals surface area contributed by atoms with Gasteiger partial charge >= 0.3 is 0 Å². The van der Waals surface area contributed by atoms with Crippen LogP contribution in [0.15, 0.2) is 231 Å². The number of hydrogen-bond donors (Lipinski definition) is 0. The Morgan fingerprint density at radius 3 is 1.31 bits per heavy atom. The fourth-order valence-corrected chi connectivity index (χ4v) is 11.1. The summed E-state index contributed by atoms with van der Waals surface area (Å²) in [5, 5.41) is 12.9. The van der Waals surface area contributed by atoms with Crippen LogP contribution in [0.25, 0.3) is 98.4 Å². The maximum Gasteiger partial charge on any atom is 0.0725 e. The Labute approximate surface area is 355 Å². The maximum absolute atomic E-state index is 2.41. The lowest BCUT2D eigenvalue weighted by molar-refractivity contribution is 0.778. The summed E-state index contributed by atoms with van der Waals surface area (Å²) < 4.78 is 0. The SMILES string of the molecule is c1ccc(-c2ccc(C3(c4ccc(-c5ccccc5)cc4)c4c(cccc4-c4ccc5ccc6cccc7ccc4c5c67)-c4c3c3ccccc3c3ccccc43)cc2)cc1. The van der Waals surface area contributed by atoms with E-state index in [-0.39, 0.29) is 0 Å². The van der Waals surface area contributed by atoms with Gasteiger partial charge in [0.15, 0.2) is 0 Å². The van der Waals surface area contributed by atoms with E-state index in [9.17, 15) is 0 Å². The zero-order valence-electron chi connectivity index (χ0n) is 33.4. The van der Waals surface area contributed by atoms with Gasteiger partial charge in [-0.05, 0) is 121 Å². The highest BCUT2D eigenvalue weighted by Crippen LogP contribution is 2.63. The van der Waals surface area contributed by atoms with E-state index in [4.69, 9.17) is 0 Å². The van der Waals surface area contributed by atoms with E-state index in [1.54, 1.807) is 0 Å². The second-order valence-corrected chi connectivity index (χ2v) is 16.7. The van der Waals surface area contributed by atoms with Gasteiger partial charge < -0.3 is 0 Å². The average molecular weight is 771 g/mol. The Balaban J connectivity index is 1.21. The van der Waals surface area contributed by atoms with Gasteiger partial charge in [-0.2, -0.15) is 0 Å². The molecule has 0 N–H and O–H groups in total. The summed E-state index contributed by atoms with van der Waals surface area (Å²) in [6.07, 6.45) is 0. The van der Waals surface area contributed by atoms with Crippen molar-refractivity contribution >= 4 is 53.9 Å². The molecule has 1 aliphatic rings. The first-order valence-corrected chi connectivity index (χ1v) is 21.3. The van der Waals surface area contributed by atoms with Crippen LogP contribution in [0.1, 0.15) is 22.3 Å². The van der Waals surface area contributed by atoms with Crippen molar-refractivity contribution in [3.63, 3.8) is 0 Å². The molecule has 0 bridgehead atoms. The van der Waals surface area contributed by atoms with Gasteiger partial charge in [-0.25, -0.2) is 0 Å². The molecule has 0 nitrogen and oxygen atoms in total. The lowest BCUT2D eigenvalue weighted by atomic mass is 9.64. The summed E-state index contributed by atoms with van der Waals surface area (Å²) in [7, 11) is 0. The van der Waals surface area contributed by atoms with E-state index in [0.29, 0.717) is 0 Å². The van der Waals surface area contributed by atoms with Crippen LogP contribution >= 0.6 is 0 Å². The average Bonchev–Trinajstić information content (AvgIpc) is 3.67. The van der Waals surface area contributed by atoms with Gasteiger partial charge in [-0.1, -0.05) is 231 Å². The smallest absolute Gasteiger partial charge is 0.0622 e. The van der Waals surface area contributed by atoms with Crippen molar-refractivity contribution in [3.05, 3.63) is 253 Å². The Bertz CT molecular complexity index is 3550. The number of rotatable bonds is 5. The normalized spacial score (nSPS) is 13.0. The quantitative estimate of drug-likeness (QED) is 0.153. The van der Waals surface area contributed by atoms with E-state index in [2.05, 4.69) is 231 Å². The molecule has 0 fully saturated rings. The predicted molar refractivity (Wildman–Crippen MR) is 259 cm³/mol. The highest BCUT2D eigenvalue weighted by atomic mass is 14.5. The minimum absolute atomic E-state index is 0.681. The van der Waals surface area contributed by atoms with E-state index in [1.807, 2.05) is 0 Å². The molecule has 0 heteroatoms. The third-order valence-corrected chi connectivity index (χ3v) is 13.7. The van der Waals surface area contributed by atoms with Crippen molar-refractivity contribution in [2.24, 2.45) is 0 Å². The van der Waals surface area contributed by atoms with Crippen LogP contribution in [-0.2, 0) is 5.41 Å². The minimum atomic E-state index is -0.681. The lowest BCUT2D eigenvalue weighted by Crippen LogP contribution is -2.29. The van der Waals surface area contributed by atoms with Crippen LogP contribution < -0.4 is 0 Å². The van der Waals surface area contributed by atoms with Crippen LogP contribution in [0.3, 0.4) is 0 Å². The van der Waals surface area contributed by atoms with Crippen LogP contribution in [0.4, 0.5) is 0 Å². The molecule has 0 heterocycles. The first-order chi connectivity index (χ1) is 30.3. The van der Waals surface area contributed by atoms with Gasteiger partial charge in [-0.15, -0.1) is 0 Å².